The summed E-state index contributed by atoms with van der Waals surface area (Å²) >= 11 is 32.1. The van der Waals surface area contributed by atoms with Crippen LogP contribution in [0.25, 0.3) is 0 Å². The van der Waals surface area contributed by atoms with Crippen LogP contribution in [0.1, 0.15) is 5.56 Å². The van der Waals surface area contributed by atoms with Gasteiger partial charge in [-0.15, -0.1) is 0 Å². The molecule has 0 aliphatic carbocycles. The number of hydrogen-bond donors (Lipinski definition) is 0. The number of amidine groups is 1. The first-order valence-electron chi connectivity index (χ1n) is 5.53. The van der Waals surface area contributed by atoms with Crippen LogP contribution in [0.3, 0.4) is 0 Å². The van der Waals surface area contributed by atoms with E-state index in [0.29, 0.717) is 21.4 Å². The van der Waals surface area contributed by atoms with E-state index in [4.69, 9.17) is 58.0 Å². The van der Waals surface area contributed by atoms with Gasteiger partial charge in [0.15, 0.2) is 0 Å². The Hall–Kier alpha value is 0.490. The van der Waals surface area contributed by atoms with Crippen LogP contribution < -0.4 is 0 Å². The second-order valence-corrected chi connectivity index (χ2v) is 7.24. The van der Waals surface area contributed by atoms with Crippen LogP contribution in [0, 0.1) is 0 Å². The third-order valence-electron chi connectivity index (χ3n) is 2.41. The zero-order valence-corrected chi connectivity index (χ0v) is 16.0. The van der Waals surface area contributed by atoms with Crippen LogP contribution in [0.5, 0.6) is 0 Å². The summed E-state index contributed by atoms with van der Waals surface area (Å²) in [6.07, 6.45) is 0. The summed E-state index contributed by atoms with van der Waals surface area (Å²) in [4.78, 5) is 2.01. The molecule has 0 saturated heterocycles. The number of halogens is 5. The maximum atomic E-state index is 6.21. The SMILES string of the molecule is CN(C)C(SCc1c(Cl)c(Cl)c(Cl)c(Cl)c1Cl)=[N+](C)C. The van der Waals surface area contributed by atoms with E-state index in [9.17, 15) is 0 Å². The molecule has 112 valence electrons. The summed E-state index contributed by atoms with van der Waals surface area (Å²) < 4.78 is 2.01. The Morgan fingerprint density at radius 1 is 0.900 bits per heavy atom. The van der Waals surface area contributed by atoms with Crippen molar-refractivity contribution >= 4 is 74.9 Å². The van der Waals surface area contributed by atoms with Gasteiger partial charge in [0.1, 0.15) is 0 Å². The Kier molecular flexibility index (Phi) is 7.10. The Balaban J connectivity index is 3.15. The molecule has 20 heavy (non-hydrogen) atoms. The molecule has 1 aromatic rings. The molecule has 0 heterocycles. The lowest BCUT2D eigenvalue weighted by molar-refractivity contribution is -0.466. The van der Waals surface area contributed by atoms with Gasteiger partial charge in [-0.2, -0.15) is 0 Å². The monoisotopic (exact) mass is 393 g/mol. The number of benzene rings is 1. The molecule has 0 aliphatic rings. The molecule has 0 fully saturated rings. The van der Waals surface area contributed by atoms with Crippen LogP contribution >= 0.6 is 69.8 Å². The first-order valence-corrected chi connectivity index (χ1v) is 8.40. The van der Waals surface area contributed by atoms with Gasteiger partial charge in [0.05, 0.1) is 53.3 Å². The van der Waals surface area contributed by atoms with Gasteiger partial charge < -0.3 is 0 Å². The topological polar surface area (TPSA) is 6.25 Å². The van der Waals surface area contributed by atoms with Crippen LogP contribution in [0.15, 0.2) is 0 Å². The molecule has 2 nitrogen and oxygen atoms in total. The molecule has 0 bridgehead atoms. The Bertz CT molecular complexity index is 524. The molecule has 0 spiro atoms. The fraction of sp³-hybridized carbons (Fsp3) is 0.417. The smallest absolute Gasteiger partial charge is 0.262 e. The molecule has 0 aliphatic heterocycles. The maximum Gasteiger partial charge on any atom is 0.307 e. The van der Waals surface area contributed by atoms with Crippen molar-refractivity contribution in [2.45, 2.75) is 5.75 Å². The molecule has 0 N–H and O–H groups in total. The lowest BCUT2D eigenvalue weighted by Crippen LogP contribution is -2.26. The second kappa shape index (κ2) is 7.66. The van der Waals surface area contributed by atoms with E-state index in [2.05, 4.69) is 0 Å². The lowest BCUT2D eigenvalue weighted by atomic mass is 10.2. The van der Waals surface area contributed by atoms with E-state index in [0.717, 1.165) is 5.17 Å². The van der Waals surface area contributed by atoms with Crippen molar-refractivity contribution in [2.24, 2.45) is 0 Å². The molecule has 0 radical (unpaired) electrons. The molecule has 8 heteroatoms. The minimum Gasteiger partial charge on any atom is -0.262 e. The molecule has 0 saturated carbocycles. The zero-order valence-electron chi connectivity index (χ0n) is 11.4. The van der Waals surface area contributed by atoms with Gasteiger partial charge in [-0.3, -0.25) is 9.48 Å². The molecule has 0 amide bonds. The largest absolute Gasteiger partial charge is 0.307 e. The molecule has 0 atom stereocenters. The van der Waals surface area contributed by atoms with Gasteiger partial charge >= 0.3 is 5.17 Å². The van der Waals surface area contributed by atoms with E-state index < -0.39 is 0 Å². The Labute approximate surface area is 148 Å². The highest BCUT2D eigenvalue weighted by Crippen LogP contribution is 2.45. The van der Waals surface area contributed by atoms with Gasteiger partial charge in [-0.1, -0.05) is 58.0 Å². The van der Waals surface area contributed by atoms with Gasteiger partial charge in [0, 0.05) is 11.3 Å². The summed E-state index contributed by atoms with van der Waals surface area (Å²) in [6, 6.07) is 0. The number of hydrogen-bond acceptors (Lipinski definition) is 1. The summed E-state index contributed by atoms with van der Waals surface area (Å²) in [5, 5.41) is 2.39. The fourth-order valence-electron chi connectivity index (χ4n) is 1.57. The standard InChI is InChI=1S/C12H14Cl5N2S/c1-18(2)12(19(3)4)20-5-6-7(13)9(15)11(17)10(16)8(6)14/h5H2,1-4H3/q+1. The number of thioether (sulfide) groups is 1. The highest BCUT2D eigenvalue weighted by Gasteiger charge is 2.21. The molecule has 1 rings (SSSR count). The molecule has 0 unspecified atom stereocenters. The minimum absolute atomic E-state index is 0.182. The predicted octanol–water partition coefficient (Wildman–Crippen LogP) is 5.38. The quantitative estimate of drug-likeness (QED) is 0.218. The van der Waals surface area contributed by atoms with E-state index >= 15 is 0 Å². The predicted molar refractivity (Wildman–Crippen MR) is 93.6 cm³/mol. The maximum absolute atomic E-state index is 6.21. The molecule has 1 aromatic carbocycles. The average Bonchev–Trinajstić information content (AvgIpc) is 2.37. The normalized spacial score (nSPS) is 10.7. The lowest BCUT2D eigenvalue weighted by Gasteiger charge is -2.14. The van der Waals surface area contributed by atoms with Crippen molar-refractivity contribution in [3.05, 3.63) is 30.7 Å². The first-order chi connectivity index (χ1) is 9.18. The summed E-state index contributed by atoms with van der Waals surface area (Å²) in [5.74, 6) is 0.542. The summed E-state index contributed by atoms with van der Waals surface area (Å²) in [7, 11) is 7.86. The Morgan fingerprint density at radius 2 is 1.30 bits per heavy atom. The van der Waals surface area contributed by atoms with Gasteiger partial charge in [0.25, 0.3) is 0 Å². The summed E-state index contributed by atoms with van der Waals surface area (Å²) in [6.45, 7) is 0. The highest BCUT2D eigenvalue weighted by molar-refractivity contribution is 8.12. The van der Waals surface area contributed by atoms with Crippen molar-refractivity contribution < 1.29 is 4.58 Å². The number of rotatable bonds is 2. The van der Waals surface area contributed by atoms with E-state index in [1.807, 2.05) is 37.7 Å². The fourth-order valence-corrected chi connectivity index (χ4v) is 4.12. The summed E-state index contributed by atoms with van der Waals surface area (Å²) in [5.41, 5.74) is 0.680. The minimum atomic E-state index is 0.182. The molecular formula is C12H14Cl5N2S+. The van der Waals surface area contributed by atoms with Gasteiger partial charge in [0.2, 0.25) is 0 Å². The van der Waals surface area contributed by atoms with E-state index in [1.165, 1.54) is 0 Å². The first kappa shape index (κ1) is 18.5. The van der Waals surface area contributed by atoms with Crippen molar-refractivity contribution in [3.8, 4) is 0 Å². The third kappa shape index (κ3) is 4.02. The Morgan fingerprint density at radius 3 is 1.65 bits per heavy atom. The van der Waals surface area contributed by atoms with Crippen LogP contribution in [-0.2, 0) is 5.75 Å². The highest BCUT2D eigenvalue weighted by atomic mass is 35.5. The van der Waals surface area contributed by atoms with Crippen molar-refractivity contribution in [2.75, 3.05) is 28.2 Å². The van der Waals surface area contributed by atoms with E-state index in [1.54, 1.807) is 11.8 Å². The van der Waals surface area contributed by atoms with Crippen molar-refractivity contribution in [1.82, 2.24) is 4.90 Å². The second-order valence-electron chi connectivity index (χ2n) is 4.41. The van der Waals surface area contributed by atoms with E-state index in [-0.39, 0.29) is 15.1 Å². The molecule has 0 aromatic heterocycles. The van der Waals surface area contributed by atoms with Crippen LogP contribution in [-0.4, -0.2) is 42.8 Å². The van der Waals surface area contributed by atoms with Crippen LogP contribution in [0.4, 0.5) is 0 Å². The van der Waals surface area contributed by atoms with Crippen molar-refractivity contribution in [1.29, 1.82) is 0 Å². The molecular weight excluding hydrogens is 381 g/mol. The van der Waals surface area contributed by atoms with Gasteiger partial charge in [-0.25, -0.2) is 0 Å². The zero-order chi connectivity index (χ0) is 15.6. The van der Waals surface area contributed by atoms with Gasteiger partial charge in [-0.05, 0) is 11.8 Å². The third-order valence-corrected chi connectivity index (χ3v) is 6.19. The number of nitrogens with zero attached hydrogens (tertiary/aromatic N) is 2. The van der Waals surface area contributed by atoms with Crippen LogP contribution in [0.2, 0.25) is 25.1 Å². The average molecular weight is 396 g/mol. The van der Waals surface area contributed by atoms with Crippen molar-refractivity contribution in [3.63, 3.8) is 0 Å².